The summed E-state index contributed by atoms with van der Waals surface area (Å²) in [5.41, 5.74) is 1.15. The molecule has 1 aromatic rings. The zero-order chi connectivity index (χ0) is 14.8. The molecule has 0 spiro atoms. The molecule has 5 nitrogen and oxygen atoms in total. The molecule has 0 aliphatic heterocycles. The van der Waals surface area contributed by atoms with Crippen LogP contribution in [-0.4, -0.2) is 40.4 Å². The first kappa shape index (κ1) is 20.5. The number of hydrogen-bond donors (Lipinski definition) is 2. The van der Waals surface area contributed by atoms with Gasteiger partial charge >= 0.3 is 0 Å². The van der Waals surface area contributed by atoms with E-state index in [-0.39, 0.29) is 24.0 Å². The van der Waals surface area contributed by atoms with Crippen LogP contribution in [0.25, 0.3) is 0 Å². The van der Waals surface area contributed by atoms with E-state index in [0.29, 0.717) is 6.54 Å². The topological polar surface area (TPSA) is 54.9 Å². The first-order chi connectivity index (χ1) is 9.71. The van der Waals surface area contributed by atoms with Crippen molar-refractivity contribution < 1.29 is 9.47 Å². The minimum atomic E-state index is 0. The molecule has 1 rings (SSSR count). The zero-order valence-electron chi connectivity index (χ0n) is 12.6. The Morgan fingerprint density at radius 1 is 1.29 bits per heavy atom. The monoisotopic (exact) mass is 471 g/mol. The summed E-state index contributed by atoms with van der Waals surface area (Å²) in [6.07, 6.45) is 0.950. The number of nitrogens with one attached hydrogen (secondary N) is 2. The van der Waals surface area contributed by atoms with Crippen molar-refractivity contribution in [2.45, 2.75) is 13.0 Å². The SMILES string of the molecule is CN=C(NCCCOC)NCc1ccc(OC)c(Br)c1.I. The Bertz CT molecular complexity index is 444. The van der Waals surface area contributed by atoms with Crippen LogP contribution in [0, 0.1) is 0 Å². The number of aliphatic imine (C=N–C) groups is 1. The Kier molecular flexibility index (Phi) is 11.7. The number of rotatable bonds is 7. The molecule has 2 N–H and O–H groups in total. The Balaban J connectivity index is 0.00000400. The molecule has 0 aromatic heterocycles. The summed E-state index contributed by atoms with van der Waals surface area (Å²) in [5, 5.41) is 6.50. The maximum absolute atomic E-state index is 5.21. The third-order valence-electron chi connectivity index (χ3n) is 2.72. The van der Waals surface area contributed by atoms with Gasteiger partial charge < -0.3 is 20.1 Å². The van der Waals surface area contributed by atoms with Crippen LogP contribution in [-0.2, 0) is 11.3 Å². The summed E-state index contributed by atoms with van der Waals surface area (Å²) in [5.74, 6) is 1.61. The van der Waals surface area contributed by atoms with E-state index in [9.17, 15) is 0 Å². The second-order valence-electron chi connectivity index (χ2n) is 4.17. The summed E-state index contributed by atoms with van der Waals surface area (Å²) >= 11 is 3.48. The molecule has 1 aromatic carbocycles. The number of guanidine groups is 1. The lowest BCUT2D eigenvalue weighted by Crippen LogP contribution is -2.37. The highest BCUT2D eigenvalue weighted by molar-refractivity contribution is 14.0. The van der Waals surface area contributed by atoms with Gasteiger partial charge in [-0.2, -0.15) is 0 Å². The quantitative estimate of drug-likeness (QED) is 0.278. The summed E-state index contributed by atoms with van der Waals surface area (Å²) in [6, 6.07) is 5.99. The molecule has 0 amide bonds. The molecule has 0 bridgehead atoms. The third kappa shape index (κ3) is 7.87. The molecule has 0 radical (unpaired) electrons. The van der Waals surface area contributed by atoms with Crippen LogP contribution < -0.4 is 15.4 Å². The molecule has 21 heavy (non-hydrogen) atoms. The Labute approximate surface area is 152 Å². The smallest absolute Gasteiger partial charge is 0.191 e. The number of hydrogen-bond acceptors (Lipinski definition) is 3. The molecule has 120 valence electrons. The molecular weight excluding hydrogens is 449 g/mol. The lowest BCUT2D eigenvalue weighted by molar-refractivity contribution is 0.195. The van der Waals surface area contributed by atoms with E-state index in [1.165, 1.54) is 0 Å². The minimum absolute atomic E-state index is 0. The van der Waals surface area contributed by atoms with Crippen molar-refractivity contribution in [3.05, 3.63) is 28.2 Å². The van der Waals surface area contributed by atoms with Crippen LogP contribution in [0.1, 0.15) is 12.0 Å². The van der Waals surface area contributed by atoms with Crippen LogP contribution in [0.5, 0.6) is 5.75 Å². The molecule has 0 aliphatic carbocycles. The predicted octanol–water partition coefficient (Wildman–Crippen LogP) is 2.78. The molecular formula is C14H23BrIN3O2. The Morgan fingerprint density at radius 2 is 2.05 bits per heavy atom. The second-order valence-corrected chi connectivity index (χ2v) is 5.02. The third-order valence-corrected chi connectivity index (χ3v) is 3.34. The molecule has 0 saturated carbocycles. The summed E-state index contributed by atoms with van der Waals surface area (Å²) in [7, 11) is 5.12. The van der Waals surface area contributed by atoms with Gasteiger partial charge in [0.2, 0.25) is 0 Å². The lowest BCUT2D eigenvalue weighted by atomic mass is 10.2. The first-order valence-corrected chi connectivity index (χ1v) is 7.26. The van der Waals surface area contributed by atoms with Gasteiger partial charge in [-0.05, 0) is 40.0 Å². The van der Waals surface area contributed by atoms with Gasteiger partial charge in [-0.25, -0.2) is 0 Å². The van der Waals surface area contributed by atoms with Gasteiger partial charge in [-0.15, -0.1) is 24.0 Å². The highest BCUT2D eigenvalue weighted by atomic mass is 127. The molecule has 0 saturated heterocycles. The summed E-state index contributed by atoms with van der Waals surface area (Å²) in [4.78, 5) is 4.17. The van der Waals surface area contributed by atoms with Crippen LogP contribution in [0.3, 0.4) is 0 Å². The van der Waals surface area contributed by atoms with Gasteiger partial charge in [-0.3, -0.25) is 4.99 Å². The van der Waals surface area contributed by atoms with Crippen molar-refractivity contribution >= 4 is 45.9 Å². The highest BCUT2D eigenvalue weighted by Gasteiger charge is 2.02. The molecule has 0 unspecified atom stereocenters. The number of benzene rings is 1. The van der Waals surface area contributed by atoms with E-state index in [2.05, 4.69) is 31.6 Å². The average molecular weight is 472 g/mol. The van der Waals surface area contributed by atoms with Crippen molar-refractivity contribution in [1.29, 1.82) is 0 Å². The fraction of sp³-hybridized carbons (Fsp3) is 0.500. The standard InChI is InChI=1S/C14H22BrN3O2.HI/c1-16-14(17-7-4-8-19-2)18-10-11-5-6-13(20-3)12(15)9-11;/h5-6,9H,4,7-8,10H2,1-3H3,(H2,16,17,18);1H. The number of nitrogens with zero attached hydrogens (tertiary/aromatic N) is 1. The van der Waals surface area contributed by atoms with E-state index in [1.54, 1.807) is 21.3 Å². The van der Waals surface area contributed by atoms with E-state index in [1.807, 2.05) is 18.2 Å². The van der Waals surface area contributed by atoms with Gasteiger partial charge in [0.05, 0.1) is 11.6 Å². The van der Waals surface area contributed by atoms with Crippen molar-refractivity contribution in [3.8, 4) is 5.75 Å². The van der Waals surface area contributed by atoms with Crippen molar-refractivity contribution in [3.63, 3.8) is 0 Å². The van der Waals surface area contributed by atoms with E-state index in [4.69, 9.17) is 9.47 Å². The number of ether oxygens (including phenoxy) is 2. The molecule has 7 heteroatoms. The molecule has 0 aliphatic rings. The Morgan fingerprint density at radius 3 is 2.62 bits per heavy atom. The van der Waals surface area contributed by atoms with Gasteiger partial charge in [0, 0.05) is 33.9 Å². The summed E-state index contributed by atoms with van der Waals surface area (Å²) in [6.45, 7) is 2.28. The molecule has 0 atom stereocenters. The fourth-order valence-corrected chi connectivity index (χ4v) is 2.24. The van der Waals surface area contributed by atoms with Crippen LogP contribution in [0.2, 0.25) is 0 Å². The lowest BCUT2D eigenvalue weighted by Gasteiger charge is -2.12. The maximum atomic E-state index is 5.21. The van der Waals surface area contributed by atoms with Crippen LogP contribution in [0.15, 0.2) is 27.7 Å². The van der Waals surface area contributed by atoms with Crippen molar-refractivity contribution in [1.82, 2.24) is 10.6 Å². The van der Waals surface area contributed by atoms with Crippen molar-refractivity contribution in [2.75, 3.05) is 34.4 Å². The van der Waals surface area contributed by atoms with Gasteiger partial charge in [0.1, 0.15) is 5.75 Å². The largest absolute Gasteiger partial charge is 0.496 e. The van der Waals surface area contributed by atoms with Gasteiger partial charge in [-0.1, -0.05) is 6.07 Å². The normalized spacial score (nSPS) is 10.8. The van der Waals surface area contributed by atoms with E-state index < -0.39 is 0 Å². The van der Waals surface area contributed by atoms with Crippen molar-refractivity contribution in [2.24, 2.45) is 4.99 Å². The Hall–Kier alpha value is -0.540. The van der Waals surface area contributed by atoms with Gasteiger partial charge in [0.15, 0.2) is 5.96 Å². The number of methoxy groups -OCH3 is 2. The summed E-state index contributed by atoms with van der Waals surface area (Å²) < 4.78 is 11.2. The minimum Gasteiger partial charge on any atom is -0.496 e. The van der Waals surface area contributed by atoms with Crippen LogP contribution >= 0.6 is 39.9 Å². The predicted molar refractivity (Wildman–Crippen MR) is 101 cm³/mol. The fourth-order valence-electron chi connectivity index (χ4n) is 1.65. The molecule has 0 fully saturated rings. The van der Waals surface area contributed by atoms with Crippen LogP contribution in [0.4, 0.5) is 0 Å². The van der Waals surface area contributed by atoms with Gasteiger partial charge in [0.25, 0.3) is 0 Å². The van der Waals surface area contributed by atoms with E-state index >= 15 is 0 Å². The maximum Gasteiger partial charge on any atom is 0.191 e. The average Bonchev–Trinajstić information content (AvgIpc) is 2.46. The number of halogens is 2. The van der Waals surface area contributed by atoms with E-state index in [0.717, 1.165) is 41.3 Å². The zero-order valence-corrected chi connectivity index (χ0v) is 16.5. The first-order valence-electron chi connectivity index (χ1n) is 6.47. The highest BCUT2D eigenvalue weighted by Crippen LogP contribution is 2.25. The second kappa shape index (κ2) is 12.0. The molecule has 0 heterocycles.